The van der Waals surface area contributed by atoms with Crippen LogP contribution in [0.2, 0.25) is 10.0 Å². The van der Waals surface area contributed by atoms with Crippen LogP contribution in [-0.2, 0) is 18.4 Å². The van der Waals surface area contributed by atoms with E-state index < -0.39 is 17.4 Å². The van der Waals surface area contributed by atoms with E-state index >= 15 is 0 Å². The molecule has 3 N–H and O–H groups in total. The van der Waals surface area contributed by atoms with Gasteiger partial charge in [-0.05, 0) is 29.8 Å². The number of anilines is 1. The summed E-state index contributed by atoms with van der Waals surface area (Å²) in [5.41, 5.74) is 6.56. The van der Waals surface area contributed by atoms with Crippen molar-refractivity contribution in [3.05, 3.63) is 57.2 Å². The average Bonchev–Trinajstić information content (AvgIpc) is 3.25. The first-order chi connectivity index (χ1) is 13.7. The van der Waals surface area contributed by atoms with Crippen LogP contribution < -0.4 is 11.1 Å². The Morgan fingerprint density at radius 2 is 1.79 bits per heavy atom. The quantitative estimate of drug-likeness (QED) is 0.559. The Labute approximate surface area is 174 Å². The highest BCUT2D eigenvalue weighted by atomic mass is 35.5. The summed E-state index contributed by atoms with van der Waals surface area (Å²) in [5, 5.41) is 9.32. The van der Waals surface area contributed by atoms with Gasteiger partial charge in [-0.3, -0.25) is 14.9 Å². The molecule has 2 aromatic carbocycles. The van der Waals surface area contributed by atoms with E-state index in [-0.39, 0.29) is 0 Å². The predicted molar refractivity (Wildman–Crippen MR) is 106 cm³/mol. The topological polar surface area (TPSA) is 59.1 Å². The lowest BCUT2D eigenvalue weighted by Crippen LogP contribution is -2.55. The van der Waals surface area contributed by atoms with E-state index in [1.54, 1.807) is 16.8 Å². The van der Waals surface area contributed by atoms with E-state index in [0.717, 1.165) is 29.9 Å². The Balaban J connectivity index is 1.79. The summed E-state index contributed by atoms with van der Waals surface area (Å²) < 4.78 is 41.3. The third-order valence-electron chi connectivity index (χ3n) is 5.72. The monoisotopic (exact) mass is 441 g/mol. The summed E-state index contributed by atoms with van der Waals surface area (Å²) in [6.45, 7) is 2.73. The Morgan fingerprint density at radius 3 is 2.48 bits per heavy atom. The number of hydrogen-bond acceptors (Lipinski definition) is 4. The molecule has 3 aromatic rings. The maximum absolute atomic E-state index is 13.2. The molecule has 1 fully saturated rings. The summed E-state index contributed by atoms with van der Waals surface area (Å²) in [5.74, 6) is 0. The van der Waals surface area contributed by atoms with Crippen molar-refractivity contribution in [3.8, 4) is 0 Å². The summed E-state index contributed by atoms with van der Waals surface area (Å²) in [6.07, 6.45) is -4.42. The van der Waals surface area contributed by atoms with Crippen LogP contribution in [-0.4, -0.2) is 34.3 Å². The molecule has 2 aliphatic rings. The molecule has 1 unspecified atom stereocenters. The molecule has 1 aromatic heterocycles. The molecule has 0 radical (unpaired) electrons. The maximum Gasteiger partial charge on any atom is 0.416 e. The molecule has 29 heavy (non-hydrogen) atoms. The van der Waals surface area contributed by atoms with Crippen molar-refractivity contribution in [2.75, 3.05) is 25.4 Å². The summed E-state index contributed by atoms with van der Waals surface area (Å²) in [7, 11) is 0. The van der Waals surface area contributed by atoms with Gasteiger partial charge in [0.1, 0.15) is 5.66 Å². The number of benzene rings is 2. The number of fused-ring (bicyclic) bond motifs is 5. The highest BCUT2D eigenvalue weighted by Crippen LogP contribution is 2.45. The van der Waals surface area contributed by atoms with Crippen molar-refractivity contribution < 1.29 is 13.2 Å². The van der Waals surface area contributed by atoms with Crippen LogP contribution in [0.3, 0.4) is 0 Å². The van der Waals surface area contributed by atoms with Crippen LogP contribution in [0.1, 0.15) is 16.8 Å². The van der Waals surface area contributed by atoms with E-state index in [9.17, 15) is 13.2 Å². The van der Waals surface area contributed by atoms with E-state index in [1.807, 2.05) is 0 Å². The van der Waals surface area contributed by atoms with Gasteiger partial charge >= 0.3 is 6.18 Å². The highest BCUT2D eigenvalue weighted by molar-refractivity contribution is 6.38. The first-order valence-corrected chi connectivity index (χ1v) is 9.81. The lowest BCUT2D eigenvalue weighted by molar-refractivity contribution is -0.137. The van der Waals surface area contributed by atoms with Gasteiger partial charge in [-0.1, -0.05) is 29.3 Å². The van der Waals surface area contributed by atoms with Gasteiger partial charge < -0.3 is 5.73 Å². The standard InChI is InChI=1S/C19H16Cl2F3N5/c20-13-7-11(8-14(21)16(13)25)18-17-12-2-1-10(19(22,23)24)9-15(12)27-29(17)6-5-28(18)4-3-26-18/h1-2,7-9,26H,3-6,25H2. The van der Waals surface area contributed by atoms with Crippen LogP contribution in [0.4, 0.5) is 18.9 Å². The minimum atomic E-state index is -4.42. The molecular formula is C19H16Cl2F3N5. The largest absolute Gasteiger partial charge is 0.416 e. The van der Waals surface area contributed by atoms with Crippen molar-refractivity contribution in [2.24, 2.45) is 0 Å². The number of halogens is 5. The third-order valence-corrected chi connectivity index (χ3v) is 6.35. The van der Waals surface area contributed by atoms with Crippen LogP contribution >= 0.6 is 23.2 Å². The van der Waals surface area contributed by atoms with Crippen LogP contribution in [0.5, 0.6) is 0 Å². The second-order valence-corrected chi connectivity index (χ2v) is 8.09. The second-order valence-electron chi connectivity index (χ2n) is 7.28. The molecule has 1 saturated heterocycles. The highest BCUT2D eigenvalue weighted by Gasteiger charge is 2.50. The second kappa shape index (κ2) is 6.25. The first kappa shape index (κ1) is 19.0. The third kappa shape index (κ3) is 2.66. The fourth-order valence-electron chi connectivity index (χ4n) is 4.45. The zero-order valence-electron chi connectivity index (χ0n) is 15.0. The van der Waals surface area contributed by atoms with Crippen molar-refractivity contribution >= 4 is 39.8 Å². The molecule has 5 rings (SSSR count). The van der Waals surface area contributed by atoms with Crippen LogP contribution in [0, 0.1) is 0 Å². The summed E-state index contributed by atoms with van der Waals surface area (Å²) in [4.78, 5) is 2.24. The minimum Gasteiger partial charge on any atom is -0.396 e. The zero-order valence-corrected chi connectivity index (χ0v) is 16.5. The fraction of sp³-hybridized carbons (Fsp3) is 0.316. The molecule has 0 spiro atoms. The van der Waals surface area contributed by atoms with Gasteiger partial charge in [0, 0.05) is 25.0 Å². The van der Waals surface area contributed by atoms with E-state index in [2.05, 4.69) is 15.3 Å². The number of hydrogen-bond donors (Lipinski definition) is 2. The molecule has 5 nitrogen and oxygen atoms in total. The number of aromatic nitrogens is 2. The van der Waals surface area contributed by atoms with E-state index in [1.165, 1.54) is 6.07 Å². The maximum atomic E-state index is 13.2. The number of nitrogens with one attached hydrogen (secondary N) is 1. The summed E-state index contributed by atoms with van der Waals surface area (Å²) >= 11 is 12.6. The average molecular weight is 442 g/mol. The van der Waals surface area contributed by atoms with Crippen molar-refractivity contribution in [3.63, 3.8) is 0 Å². The predicted octanol–water partition coefficient (Wildman–Crippen LogP) is 4.06. The van der Waals surface area contributed by atoms with Crippen LogP contribution in [0.15, 0.2) is 30.3 Å². The van der Waals surface area contributed by atoms with Crippen molar-refractivity contribution in [1.29, 1.82) is 0 Å². The molecule has 0 amide bonds. The van der Waals surface area contributed by atoms with Gasteiger partial charge in [0.2, 0.25) is 0 Å². The zero-order chi connectivity index (χ0) is 20.6. The summed E-state index contributed by atoms with van der Waals surface area (Å²) in [6, 6.07) is 7.19. The Bertz CT molecular complexity index is 1120. The van der Waals surface area contributed by atoms with Gasteiger partial charge in [-0.25, -0.2) is 0 Å². The lowest BCUT2D eigenvalue weighted by atomic mass is 9.90. The van der Waals surface area contributed by atoms with E-state index in [4.69, 9.17) is 28.9 Å². The Hall–Kier alpha value is -2.00. The number of alkyl halides is 3. The molecule has 0 saturated carbocycles. The van der Waals surface area contributed by atoms with Crippen molar-refractivity contribution in [2.45, 2.75) is 18.4 Å². The van der Waals surface area contributed by atoms with Gasteiger partial charge in [-0.15, -0.1) is 0 Å². The van der Waals surface area contributed by atoms with Gasteiger partial charge in [-0.2, -0.15) is 18.3 Å². The molecule has 2 aliphatic heterocycles. The minimum absolute atomic E-state index is 0.294. The normalized spacial score (nSPS) is 22.1. The Kier molecular flexibility index (Phi) is 4.09. The molecule has 0 bridgehead atoms. The van der Waals surface area contributed by atoms with Crippen LogP contribution in [0.25, 0.3) is 10.9 Å². The van der Waals surface area contributed by atoms with Gasteiger partial charge in [0.15, 0.2) is 0 Å². The number of nitrogen functional groups attached to an aromatic ring is 1. The lowest BCUT2D eigenvalue weighted by Gasteiger charge is -2.43. The first-order valence-electron chi connectivity index (χ1n) is 9.05. The van der Waals surface area contributed by atoms with E-state index in [0.29, 0.717) is 46.3 Å². The SMILES string of the molecule is Nc1c(Cl)cc(C23NCCN2CCn2nc4cc(C(F)(F)F)ccc4c23)cc1Cl. The molecule has 3 heterocycles. The number of nitrogens with zero attached hydrogens (tertiary/aromatic N) is 3. The van der Waals surface area contributed by atoms with Gasteiger partial charge in [0.25, 0.3) is 0 Å². The smallest absolute Gasteiger partial charge is 0.396 e. The molecule has 1 atom stereocenters. The molecule has 10 heteroatoms. The van der Waals surface area contributed by atoms with Gasteiger partial charge in [0.05, 0.1) is 39.1 Å². The number of nitrogens with two attached hydrogens (primary N) is 1. The fourth-order valence-corrected chi connectivity index (χ4v) is 4.93. The Morgan fingerprint density at radius 1 is 1.07 bits per heavy atom. The molecule has 152 valence electrons. The van der Waals surface area contributed by atoms with Crippen molar-refractivity contribution in [1.82, 2.24) is 20.0 Å². The molecular weight excluding hydrogens is 426 g/mol. The number of rotatable bonds is 1. The molecule has 0 aliphatic carbocycles.